The van der Waals surface area contributed by atoms with E-state index >= 15 is 0 Å². The largest absolute Gasteiger partial charge is 0.444 e. The lowest BCUT2D eigenvalue weighted by molar-refractivity contribution is -0.137. The van der Waals surface area contributed by atoms with E-state index in [1.54, 1.807) is 87.5 Å². The molecule has 0 fully saturated rings. The highest BCUT2D eigenvalue weighted by Gasteiger charge is 2.30. The molecule has 4 rings (SSSR count). The van der Waals surface area contributed by atoms with Gasteiger partial charge in [-0.3, -0.25) is 14.9 Å². The number of ether oxygens (including phenoxy) is 1. The number of pyridine rings is 1. The zero-order valence-electron chi connectivity index (χ0n) is 24.3. The highest BCUT2D eigenvalue weighted by atomic mass is 19.4. The van der Waals surface area contributed by atoms with Crippen LogP contribution in [-0.4, -0.2) is 35.0 Å². The summed E-state index contributed by atoms with van der Waals surface area (Å²) in [5, 5.41) is 8.17. The van der Waals surface area contributed by atoms with Gasteiger partial charge in [-0.2, -0.15) is 13.2 Å². The predicted octanol–water partition coefficient (Wildman–Crippen LogP) is 7.34. The summed E-state index contributed by atoms with van der Waals surface area (Å²) in [6.07, 6.45) is -4.65. The average molecular weight is 605 g/mol. The number of hydrogen-bond donors (Lipinski definition) is 3. The lowest BCUT2D eigenvalue weighted by Crippen LogP contribution is -2.28. The van der Waals surface area contributed by atoms with Crippen LogP contribution in [0.5, 0.6) is 0 Å². The number of alkyl halides is 3. The smallest absolute Gasteiger partial charge is 0.416 e. The molecule has 4 aromatic rings. The summed E-state index contributed by atoms with van der Waals surface area (Å²) < 4.78 is 44.1. The number of amides is 3. The molecule has 0 aliphatic heterocycles. The molecule has 0 radical (unpaired) electrons. The van der Waals surface area contributed by atoms with Gasteiger partial charge in [0.15, 0.2) is 0 Å². The summed E-state index contributed by atoms with van der Waals surface area (Å²) in [6, 6.07) is 22.7. The number of anilines is 2. The molecule has 0 saturated carbocycles. The van der Waals surface area contributed by atoms with Gasteiger partial charge in [0, 0.05) is 35.5 Å². The molecule has 3 aromatic carbocycles. The van der Waals surface area contributed by atoms with Crippen LogP contribution >= 0.6 is 0 Å². The maximum absolute atomic E-state index is 13.1. The first-order valence-electron chi connectivity index (χ1n) is 13.7. The van der Waals surface area contributed by atoms with E-state index in [4.69, 9.17) is 4.74 Å². The van der Waals surface area contributed by atoms with Gasteiger partial charge >= 0.3 is 12.3 Å². The molecule has 3 N–H and O–H groups in total. The number of hydrogen-bond acceptors (Lipinski definition) is 5. The van der Waals surface area contributed by atoms with Gasteiger partial charge in [-0.25, -0.2) is 9.78 Å². The molecule has 0 bridgehead atoms. The van der Waals surface area contributed by atoms with E-state index in [0.29, 0.717) is 46.9 Å². The van der Waals surface area contributed by atoms with Crippen LogP contribution in [0.15, 0.2) is 91.0 Å². The number of halogens is 3. The Labute approximate surface area is 252 Å². The van der Waals surface area contributed by atoms with E-state index in [1.807, 2.05) is 0 Å². The van der Waals surface area contributed by atoms with E-state index in [-0.39, 0.29) is 11.5 Å². The molecular formula is C33H31F3N4O4. The van der Waals surface area contributed by atoms with Crippen LogP contribution in [0.3, 0.4) is 0 Å². The lowest BCUT2D eigenvalue weighted by Gasteiger charge is -2.19. The number of rotatable bonds is 8. The van der Waals surface area contributed by atoms with Gasteiger partial charge in [-0.15, -0.1) is 0 Å². The molecule has 0 aliphatic carbocycles. The normalized spacial score (nSPS) is 11.4. The molecule has 0 spiro atoms. The summed E-state index contributed by atoms with van der Waals surface area (Å²) in [5.41, 5.74) is 1.30. The summed E-state index contributed by atoms with van der Waals surface area (Å²) in [7, 11) is 0. The Morgan fingerprint density at radius 1 is 0.773 bits per heavy atom. The minimum Gasteiger partial charge on any atom is -0.444 e. The fourth-order valence-electron chi connectivity index (χ4n) is 4.18. The third-order valence-electron chi connectivity index (χ3n) is 6.20. The molecule has 0 unspecified atom stereocenters. The van der Waals surface area contributed by atoms with Crippen molar-refractivity contribution in [2.75, 3.05) is 17.2 Å². The summed E-state index contributed by atoms with van der Waals surface area (Å²) in [6.45, 7) is 5.58. The van der Waals surface area contributed by atoms with Crippen LogP contribution < -0.4 is 16.0 Å². The molecule has 0 saturated heterocycles. The van der Waals surface area contributed by atoms with Crippen molar-refractivity contribution in [2.45, 2.75) is 39.0 Å². The first-order chi connectivity index (χ1) is 20.8. The number of nitrogens with zero attached hydrogens (tertiary/aromatic N) is 1. The Kier molecular flexibility index (Phi) is 9.67. The average Bonchev–Trinajstić information content (AvgIpc) is 2.96. The van der Waals surface area contributed by atoms with Crippen molar-refractivity contribution in [2.24, 2.45) is 0 Å². The van der Waals surface area contributed by atoms with Crippen molar-refractivity contribution in [3.63, 3.8) is 0 Å². The number of nitrogens with one attached hydrogen (secondary N) is 3. The van der Waals surface area contributed by atoms with Gasteiger partial charge in [0.25, 0.3) is 11.8 Å². The third kappa shape index (κ3) is 8.90. The topological polar surface area (TPSA) is 109 Å². The van der Waals surface area contributed by atoms with Gasteiger partial charge in [-0.1, -0.05) is 36.4 Å². The van der Waals surface area contributed by atoms with E-state index in [0.717, 1.165) is 12.1 Å². The Bertz CT molecular complexity index is 1630. The SMILES string of the molecule is CC(C)(C)OC(=O)Nc1cccc(CCNC(=O)c2ccc(NC(=O)c3ccccc3-c3ccc(C(F)(F)F)cc3)cc2)n1. The Morgan fingerprint density at radius 3 is 2.11 bits per heavy atom. The fourth-order valence-corrected chi connectivity index (χ4v) is 4.18. The monoisotopic (exact) mass is 604 g/mol. The molecule has 228 valence electrons. The van der Waals surface area contributed by atoms with Crippen molar-refractivity contribution >= 4 is 29.4 Å². The minimum atomic E-state index is -4.45. The molecule has 0 aliphatic rings. The molecule has 11 heteroatoms. The Hall–Kier alpha value is -5.19. The Morgan fingerprint density at radius 2 is 1.45 bits per heavy atom. The van der Waals surface area contributed by atoms with Crippen LogP contribution in [0, 0.1) is 0 Å². The second-order valence-corrected chi connectivity index (χ2v) is 10.8. The van der Waals surface area contributed by atoms with Gasteiger partial charge in [0.2, 0.25) is 0 Å². The van der Waals surface area contributed by atoms with Crippen molar-refractivity contribution in [3.8, 4) is 11.1 Å². The van der Waals surface area contributed by atoms with E-state index in [2.05, 4.69) is 20.9 Å². The van der Waals surface area contributed by atoms with E-state index in [1.165, 1.54) is 12.1 Å². The lowest BCUT2D eigenvalue weighted by atomic mass is 9.98. The van der Waals surface area contributed by atoms with Crippen molar-refractivity contribution in [3.05, 3.63) is 113 Å². The second kappa shape index (κ2) is 13.4. The van der Waals surface area contributed by atoms with Gasteiger partial charge in [0.05, 0.1) is 5.56 Å². The molecule has 44 heavy (non-hydrogen) atoms. The number of benzene rings is 3. The van der Waals surface area contributed by atoms with E-state index < -0.39 is 29.3 Å². The van der Waals surface area contributed by atoms with Gasteiger partial charge < -0.3 is 15.4 Å². The summed E-state index contributed by atoms with van der Waals surface area (Å²) in [4.78, 5) is 42.1. The molecule has 0 atom stereocenters. The number of carbonyl (C=O) groups is 3. The molecular weight excluding hydrogens is 573 g/mol. The predicted molar refractivity (Wildman–Crippen MR) is 161 cm³/mol. The van der Waals surface area contributed by atoms with Crippen LogP contribution in [0.4, 0.5) is 29.5 Å². The summed E-state index contributed by atoms with van der Waals surface area (Å²) >= 11 is 0. The fraction of sp³-hybridized carbons (Fsp3) is 0.212. The van der Waals surface area contributed by atoms with Crippen LogP contribution in [0.1, 0.15) is 52.7 Å². The van der Waals surface area contributed by atoms with Crippen LogP contribution in [-0.2, 0) is 17.3 Å². The van der Waals surface area contributed by atoms with E-state index in [9.17, 15) is 27.6 Å². The maximum Gasteiger partial charge on any atom is 0.416 e. The zero-order chi connectivity index (χ0) is 31.9. The summed E-state index contributed by atoms with van der Waals surface area (Å²) in [5.74, 6) is -0.435. The third-order valence-corrected chi connectivity index (χ3v) is 6.20. The first kappa shape index (κ1) is 31.7. The first-order valence-corrected chi connectivity index (χ1v) is 13.7. The zero-order valence-corrected chi connectivity index (χ0v) is 24.3. The minimum absolute atomic E-state index is 0.285. The number of aromatic nitrogens is 1. The van der Waals surface area contributed by atoms with Crippen molar-refractivity contribution in [1.82, 2.24) is 10.3 Å². The second-order valence-electron chi connectivity index (χ2n) is 10.8. The maximum atomic E-state index is 13.1. The van der Waals surface area contributed by atoms with Crippen LogP contribution in [0.2, 0.25) is 0 Å². The Balaban J connectivity index is 1.32. The highest BCUT2D eigenvalue weighted by Crippen LogP contribution is 2.32. The highest BCUT2D eigenvalue weighted by molar-refractivity contribution is 6.09. The molecule has 3 amide bonds. The molecule has 1 aromatic heterocycles. The molecule has 1 heterocycles. The quantitative estimate of drug-likeness (QED) is 0.195. The number of carbonyl (C=O) groups excluding carboxylic acids is 3. The van der Waals surface area contributed by atoms with Gasteiger partial charge in [0.1, 0.15) is 11.4 Å². The van der Waals surface area contributed by atoms with Crippen LogP contribution in [0.25, 0.3) is 11.1 Å². The molecule has 8 nitrogen and oxygen atoms in total. The van der Waals surface area contributed by atoms with Crippen molar-refractivity contribution < 1.29 is 32.3 Å². The van der Waals surface area contributed by atoms with Crippen molar-refractivity contribution in [1.29, 1.82) is 0 Å². The standard InChI is InChI=1S/C33H31F3N4O4/c1-32(2,3)44-31(43)40-28-10-6-7-24(38-28)19-20-37-29(41)22-13-17-25(18-14-22)39-30(42)27-9-5-4-8-26(27)21-11-15-23(16-12-21)33(34,35)36/h4-18H,19-20H2,1-3H3,(H,37,41)(H,39,42)(H,38,40,43). The van der Waals surface area contributed by atoms with Gasteiger partial charge in [-0.05, 0) is 86.5 Å².